The first-order chi connectivity index (χ1) is 11.8. The minimum absolute atomic E-state index is 0.102. The molecule has 3 rings (SSSR count). The number of benzene rings is 1. The number of anilines is 1. The second-order valence-corrected chi connectivity index (χ2v) is 7.12. The largest absolute Gasteiger partial charge is 0.332 e. The standard InChI is InChI=1S/C16H12Br2N4O3/c1-21-13-9(15(24)22(2)16(21)25)4-6-12(19-13)14(23)20-11-5-3-8(17)7-10(11)18/h3-7H,1-2H3,(H,20,23). The number of pyridine rings is 1. The summed E-state index contributed by atoms with van der Waals surface area (Å²) < 4.78 is 3.82. The van der Waals surface area contributed by atoms with Gasteiger partial charge in [0.25, 0.3) is 11.5 Å². The molecular weight excluding hydrogens is 456 g/mol. The maximum absolute atomic E-state index is 12.5. The van der Waals surface area contributed by atoms with Gasteiger partial charge in [0.15, 0.2) is 0 Å². The van der Waals surface area contributed by atoms with E-state index in [4.69, 9.17) is 0 Å². The average molecular weight is 468 g/mol. The summed E-state index contributed by atoms with van der Waals surface area (Å²) in [6.45, 7) is 0. The van der Waals surface area contributed by atoms with Crippen molar-refractivity contribution < 1.29 is 4.79 Å². The highest BCUT2D eigenvalue weighted by atomic mass is 79.9. The van der Waals surface area contributed by atoms with Crippen molar-refractivity contribution in [3.63, 3.8) is 0 Å². The molecule has 1 amide bonds. The molecule has 7 nitrogen and oxygen atoms in total. The number of nitrogens with one attached hydrogen (secondary N) is 1. The highest BCUT2D eigenvalue weighted by Crippen LogP contribution is 2.26. The number of amides is 1. The van der Waals surface area contributed by atoms with E-state index >= 15 is 0 Å². The van der Waals surface area contributed by atoms with E-state index in [9.17, 15) is 14.4 Å². The molecule has 25 heavy (non-hydrogen) atoms. The quantitative estimate of drug-likeness (QED) is 0.627. The van der Waals surface area contributed by atoms with Gasteiger partial charge < -0.3 is 5.32 Å². The van der Waals surface area contributed by atoms with Crippen molar-refractivity contribution in [3.8, 4) is 0 Å². The summed E-state index contributed by atoms with van der Waals surface area (Å²) in [5.41, 5.74) is -0.111. The number of hydrogen-bond donors (Lipinski definition) is 1. The molecular formula is C16H12Br2N4O3. The Morgan fingerprint density at radius 3 is 2.48 bits per heavy atom. The molecule has 0 saturated carbocycles. The van der Waals surface area contributed by atoms with Crippen molar-refractivity contribution >= 4 is 54.5 Å². The predicted octanol–water partition coefficient (Wildman–Crippen LogP) is 2.41. The van der Waals surface area contributed by atoms with Crippen LogP contribution in [0.25, 0.3) is 11.0 Å². The van der Waals surface area contributed by atoms with Crippen LogP contribution in [-0.2, 0) is 14.1 Å². The molecule has 0 aliphatic carbocycles. The first-order valence-corrected chi connectivity index (χ1v) is 8.71. The van der Waals surface area contributed by atoms with E-state index in [2.05, 4.69) is 42.2 Å². The van der Waals surface area contributed by atoms with Crippen LogP contribution in [0.1, 0.15) is 10.5 Å². The number of aromatic nitrogens is 3. The van der Waals surface area contributed by atoms with Crippen LogP contribution >= 0.6 is 31.9 Å². The van der Waals surface area contributed by atoms with Crippen LogP contribution in [-0.4, -0.2) is 20.0 Å². The molecule has 0 aliphatic rings. The molecule has 2 aromatic heterocycles. The zero-order valence-corrected chi connectivity index (χ0v) is 16.4. The number of hydrogen-bond acceptors (Lipinski definition) is 4. The van der Waals surface area contributed by atoms with Crippen LogP contribution in [0.4, 0.5) is 5.69 Å². The Morgan fingerprint density at radius 1 is 1.08 bits per heavy atom. The van der Waals surface area contributed by atoms with Gasteiger partial charge in [-0.3, -0.25) is 18.7 Å². The molecule has 0 radical (unpaired) electrons. The van der Waals surface area contributed by atoms with Gasteiger partial charge in [0, 0.05) is 23.0 Å². The van der Waals surface area contributed by atoms with Crippen molar-refractivity contribution in [1.29, 1.82) is 0 Å². The topological polar surface area (TPSA) is 86.0 Å². The fourth-order valence-electron chi connectivity index (χ4n) is 2.36. The molecule has 1 N–H and O–H groups in total. The second kappa shape index (κ2) is 6.57. The van der Waals surface area contributed by atoms with E-state index in [1.54, 1.807) is 18.2 Å². The molecule has 0 saturated heterocycles. The third-order valence-corrected chi connectivity index (χ3v) is 4.86. The van der Waals surface area contributed by atoms with Crippen LogP contribution in [0.2, 0.25) is 0 Å². The van der Waals surface area contributed by atoms with Gasteiger partial charge in [-0.25, -0.2) is 9.78 Å². The van der Waals surface area contributed by atoms with Gasteiger partial charge in [-0.1, -0.05) is 15.9 Å². The van der Waals surface area contributed by atoms with E-state index in [0.29, 0.717) is 10.2 Å². The summed E-state index contributed by atoms with van der Waals surface area (Å²) in [6.07, 6.45) is 0. The molecule has 0 bridgehead atoms. The Bertz CT molecular complexity index is 1130. The van der Waals surface area contributed by atoms with Gasteiger partial charge in [-0.05, 0) is 46.3 Å². The van der Waals surface area contributed by atoms with Gasteiger partial charge in [0.1, 0.15) is 11.3 Å². The maximum Gasteiger partial charge on any atom is 0.332 e. The van der Waals surface area contributed by atoms with E-state index < -0.39 is 17.2 Å². The second-order valence-electron chi connectivity index (χ2n) is 5.35. The lowest BCUT2D eigenvalue weighted by molar-refractivity contribution is 0.102. The van der Waals surface area contributed by atoms with Crippen molar-refractivity contribution in [2.45, 2.75) is 0 Å². The highest BCUT2D eigenvalue weighted by molar-refractivity contribution is 9.11. The number of halogens is 2. The number of rotatable bonds is 2. The monoisotopic (exact) mass is 466 g/mol. The zero-order chi connectivity index (χ0) is 18.3. The first-order valence-electron chi connectivity index (χ1n) is 7.13. The number of fused-ring (bicyclic) bond motifs is 1. The van der Waals surface area contributed by atoms with Crippen molar-refractivity contribution in [1.82, 2.24) is 14.1 Å². The van der Waals surface area contributed by atoms with Gasteiger partial charge in [-0.2, -0.15) is 0 Å². The SMILES string of the molecule is Cn1c(=O)c2ccc(C(=O)Nc3ccc(Br)cc3Br)nc2n(C)c1=O. The summed E-state index contributed by atoms with van der Waals surface area (Å²) >= 11 is 6.71. The van der Waals surface area contributed by atoms with E-state index in [1.165, 1.54) is 30.8 Å². The van der Waals surface area contributed by atoms with E-state index in [1.807, 2.05) is 0 Å². The fourth-order valence-corrected chi connectivity index (χ4v) is 3.50. The lowest BCUT2D eigenvalue weighted by Gasteiger charge is -2.10. The Morgan fingerprint density at radius 2 is 1.80 bits per heavy atom. The van der Waals surface area contributed by atoms with Gasteiger partial charge in [-0.15, -0.1) is 0 Å². The minimum Gasteiger partial charge on any atom is -0.320 e. The van der Waals surface area contributed by atoms with E-state index in [-0.39, 0.29) is 16.7 Å². The fraction of sp³-hybridized carbons (Fsp3) is 0.125. The molecule has 0 unspecified atom stereocenters. The van der Waals surface area contributed by atoms with Crippen LogP contribution in [0, 0.1) is 0 Å². The molecule has 1 aromatic carbocycles. The number of nitrogens with zero attached hydrogens (tertiary/aromatic N) is 3. The Hall–Kier alpha value is -2.26. The molecule has 128 valence electrons. The summed E-state index contributed by atoms with van der Waals surface area (Å²) in [5, 5.41) is 3.01. The number of carbonyl (C=O) groups is 1. The van der Waals surface area contributed by atoms with Crippen LogP contribution in [0.15, 0.2) is 48.9 Å². The Kier molecular flexibility index (Phi) is 4.61. The molecule has 3 aromatic rings. The van der Waals surface area contributed by atoms with Crippen molar-refractivity contribution in [3.05, 3.63) is 65.8 Å². The summed E-state index contributed by atoms with van der Waals surface area (Å²) in [7, 11) is 2.90. The molecule has 0 atom stereocenters. The summed E-state index contributed by atoms with van der Waals surface area (Å²) in [4.78, 5) is 40.8. The van der Waals surface area contributed by atoms with Crippen molar-refractivity contribution in [2.75, 3.05) is 5.32 Å². The smallest absolute Gasteiger partial charge is 0.320 e. The normalized spacial score (nSPS) is 10.9. The lowest BCUT2D eigenvalue weighted by Crippen LogP contribution is -2.37. The maximum atomic E-state index is 12.5. The molecule has 0 aliphatic heterocycles. The van der Waals surface area contributed by atoms with Crippen LogP contribution < -0.4 is 16.6 Å². The first kappa shape index (κ1) is 17.6. The van der Waals surface area contributed by atoms with Crippen molar-refractivity contribution in [2.24, 2.45) is 14.1 Å². The minimum atomic E-state index is -0.502. The third kappa shape index (κ3) is 3.16. The number of aryl methyl sites for hydroxylation is 1. The Labute approximate surface area is 158 Å². The van der Waals surface area contributed by atoms with E-state index in [0.717, 1.165) is 9.04 Å². The zero-order valence-electron chi connectivity index (χ0n) is 13.2. The summed E-state index contributed by atoms with van der Waals surface area (Å²) in [5.74, 6) is -0.446. The van der Waals surface area contributed by atoms with Crippen LogP contribution in [0.3, 0.4) is 0 Å². The molecule has 0 spiro atoms. The molecule has 9 heteroatoms. The summed E-state index contributed by atoms with van der Waals surface area (Å²) in [6, 6.07) is 8.28. The average Bonchev–Trinajstić information content (AvgIpc) is 2.60. The predicted molar refractivity (Wildman–Crippen MR) is 102 cm³/mol. The number of carbonyl (C=O) groups excluding carboxylic acids is 1. The Balaban J connectivity index is 2.06. The molecule has 2 heterocycles. The molecule has 0 fully saturated rings. The van der Waals surface area contributed by atoms with Crippen LogP contribution in [0.5, 0.6) is 0 Å². The highest BCUT2D eigenvalue weighted by Gasteiger charge is 2.14. The third-order valence-electron chi connectivity index (χ3n) is 3.71. The van der Waals surface area contributed by atoms with Gasteiger partial charge in [0.2, 0.25) is 0 Å². The van der Waals surface area contributed by atoms with Gasteiger partial charge in [0.05, 0.1) is 11.1 Å². The lowest BCUT2D eigenvalue weighted by atomic mass is 10.2. The van der Waals surface area contributed by atoms with Gasteiger partial charge >= 0.3 is 5.69 Å².